The van der Waals surface area contributed by atoms with E-state index in [2.05, 4.69) is 46.7 Å². The van der Waals surface area contributed by atoms with E-state index >= 15 is 0 Å². The summed E-state index contributed by atoms with van der Waals surface area (Å²) in [4.78, 5) is 12.0. The smallest absolute Gasteiger partial charge is 0.383 e. The van der Waals surface area contributed by atoms with Gasteiger partial charge in [0.2, 0.25) is 5.91 Å². The molecule has 3 N–H and O–H groups in total. The van der Waals surface area contributed by atoms with Crippen molar-refractivity contribution in [1.82, 2.24) is 25.7 Å². The average molecular weight is 452 g/mol. The number of alkyl halides is 3. The van der Waals surface area contributed by atoms with Gasteiger partial charge in [0, 0.05) is 42.4 Å². The molecule has 32 heavy (non-hydrogen) atoms. The summed E-state index contributed by atoms with van der Waals surface area (Å²) in [7, 11) is 0. The maximum atomic E-state index is 13.1. The molecule has 176 valence electrons. The lowest BCUT2D eigenvalue weighted by atomic mass is 9.97. The van der Waals surface area contributed by atoms with Gasteiger partial charge in [-0.25, -0.2) is 0 Å². The molecule has 0 bridgehead atoms. The van der Waals surface area contributed by atoms with Crippen LogP contribution in [-0.2, 0) is 17.5 Å². The number of nitrogens with one attached hydrogen (secondary N) is 3. The number of aromatic nitrogens is 2. The SMILES string of the molecule is C#CC(C)C=C.C=CCn1cc(C(=C)NCCNC(=O)C2CCNCC2)c(C(F)(F)F)n1. The van der Waals surface area contributed by atoms with Gasteiger partial charge in [-0.05, 0) is 32.9 Å². The third kappa shape index (κ3) is 9.02. The van der Waals surface area contributed by atoms with Gasteiger partial charge in [-0.2, -0.15) is 18.3 Å². The molecule has 1 atom stereocenters. The van der Waals surface area contributed by atoms with E-state index in [1.165, 1.54) is 12.3 Å². The topological polar surface area (TPSA) is 71.0 Å². The molecule has 1 aromatic rings. The summed E-state index contributed by atoms with van der Waals surface area (Å²) in [6, 6.07) is 0. The van der Waals surface area contributed by atoms with Crippen molar-refractivity contribution >= 4 is 11.6 Å². The van der Waals surface area contributed by atoms with E-state index in [0.717, 1.165) is 30.6 Å². The normalized spacial score (nSPS) is 14.8. The molecule has 0 radical (unpaired) electrons. The number of halogens is 3. The molecule has 1 amide bonds. The van der Waals surface area contributed by atoms with E-state index in [0.29, 0.717) is 6.54 Å². The van der Waals surface area contributed by atoms with Crippen molar-refractivity contribution in [2.45, 2.75) is 32.5 Å². The first-order chi connectivity index (χ1) is 15.1. The van der Waals surface area contributed by atoms with Crippen LogP contribution in [0.25, 0.3) is 5.70 Å². The van der Waals surface area contributed by atoms with Gasteiger partial charge in [-0.15, -0.1) is 19.6 Å². The summed E-state index contributed by atoms with van der Waals surface area (Å²) in [5.41, 5.74) is -0.983. The van der Waals surface area contributed by atoms with Crippen LogP contribution in [0.1, 0.15) is 31.0 Å². The molecule has 1 aliphatic rings. The lowest BCUT2D eigenvalue weighted by molar-refractivity contribution is -0.141. The second-order valence-electron chi connectivity index (χ2n) is 7.31. The standard InChI is InChI=1S/C17H24F3N5O.C6H8/c1-3-10-25-11-14(15(24-25)17(18,19)20)12(2)22-8-9-23-16(26)13-4-6-21-7-5-13;1-4-6(3)5-2/h3,11,13,21-22H,1-2,4-10H2,(H,23,26);1,5-6H,2H2,3H3. The first-order valence-electron chi connectivity index (χ1n) is 10.4. The molecule has 2 rings (SSSR count). The third-order valence-electron chi connectivity index (χ3n) is 4.76. The molecule has 1 saturated heterocycles. The molecule has 9 heteroatoms. The summed E-state index contributed by atoms with van der Waals surface area (Å²) in [5, 5.41) is 12.4. The number of amides is 1. The molecule has 0 saturated carbocycles. The average Bonchev–Trinajstić information content (AvgIpc) is 3.22. The Morgan fingerprint density at radius 1 is 1.38 bits per heavy atom. The van der Waals surface area contributed by atoms with Crippen molar-refractivity contribution in [1.29, 1.82) is 0 Å². The van der Waals surface area contributed by atoms with E-state index in [-0.39, 0.29) is 42.1 Å². The largest absolute Gasteiger partial charge is 0.435 e. The van der Waals surface area contributed by atoms with Crippen LogP contribution in [0.5, 0.6) is 0 Å². The van der Waals surface area contributed by atoms with Gasteiger partial charge in [0.1, 0.15) is 0 Å². The Morgan fingerprint density at radius 3 is 2.50 bits per heavy atom. The fourth-order valence-electron chi connectivity index (χ4n) is 2.87. The van der Waals surface area contributed by atoms with Crippen molar-refractivity contribution in [3.63, 3.8) is 0 Å². The number of carbonyl (C=O) groups is 1. The number of carbonyl (C=O) groups excluding carboxylic acids is 1. The Kier molecular flexibility index (Phi) is 11.3. The van der Waals surface area contributed by atoms with E-state index < -0.39 is 11.9 Å². The minimum atomic E-state index is -4.57. The van der Waals surface area contributed by atoms with Crippen LogP contribution in [0.2, 0.25) is 0 Å². The van der Waals surface area contributed by atoms with Gasteiger partial charge in [0.05, 0.1) is 6.54 Å². The fraction of sp³-hybridized carbons (Fsp3) is 0.478. The molecular weight excluding hydrogens is 419 g/mol. The number of hydrogen-bond donors (Lipinski definition) is 3. The molecule has 1 aromatic heterocycles. The Hall–Kier alpha value is -2.99. The van der Waals surface area contributed by atoms with E-state index in [1.807, 2.05) is 6.92 Å². The summed E-state index contributed by atoms with van der Waals surface area (Å²) in [6.45, 7) is 15.0. The van der Waals surface area contributed by atoms with Gasteiger partial charge < -0.3 is 16.0 Å². The number of nitrogens with zero attached hydrogens (tertiary/aromatic N) is 2. The number of allylic oxidation sites excluding steroid dienone is 2. The van der Waals surface area contributed by atoms with E-state index in [4.69, 9.17) is 6.42 Å². The van der Waals surface area contributed by atoms with Gasteiger partial charge in [0.15, 0.2) is 5.69 Å². The Labute approximate surface area is 188 Å². The fourth-order valence-corrected chi connectivity index (χ4v) is 2.87. The highest BCUT2D eigenvalue weighted by Crippen LogP contribution is 2.32. The monoisotopic (exact) mass is 451 g/mol. The van der Waals surface area contributed by atoms with Gasteiger partial charge in [-0.1, -0.05) is 24.7 Å². The van der Waals surface area contributed by atoms with Crippen LogP contribution in [0.4, 0.5) is 13.2 Å². The molecule has 0 aromatic carbocycles. The van der Waals surface area contributed by atoms with Crippen molar-refractivity contribution in [2.75, 3.05) is 26.2 Å². The Balaban J connectivity index is 0.000000751. The zero-order chi connectivity index (χ0) is 24.1. The summed E-state index contributed by atoms with van der Waals surface area (Å²) < 4.78 is 40.6. The van der Waals surface area contributed by atoms with Crippen molar-refractivity contribution in [3.05, 3.63) is 49.3 Å². The minimum Gasteiger partial charge on any atom is -0.383 e. The van der Waals surface area contributed by atoms with E-state index in [1.54, 1.807) is 6.08 Å². The number of rotatable bonds is 9. The molecule has 1 fully saturated rings. The molecule has 1 unspecified atom stereocenters. The molecule has 2 heterocycles. The highest BCUT2D eigenvalue weighted by molar-refractivity contribution is 5.78. The van der Waals surface area contributed by atoms with Crippen molar-refractivity contribution in [2.24, 2.45) is 11.8 Å². The lowest BCUT2D eigenvalue weighted by Crippen LogP contribution is -2.40. The zero-order valence-electron chi connectivity index (χ0n) is 18.5. The molecule has 0 spiro atoms. The summed E-state index contributed by atoms with van der Waals surface area (Å²) >= 11 is 0. The van der Waals surface area contributed by atoms with Crippen molar-refractivity contribution in [3.8, 4) is 12.3 Å². The number of piperidine rings is 1. The van der Waals surface area contributed by atoms with Gasteiger partial charge in [0.25, 0.3) is 0 Å². The minimum absolute atomic E-state index is 0.00609. The highest BCUT2D eigenvalue weighted by Gasteiger charge is 2.37. The lowest BCUT2D eigenvalue weighted by Gasteiger charge is -2.21. The van der Waals surface area contributed by atoms with Crippen LogP contribution in [0.15, 0.2) is 38.1 Å². The predicted molar refractivity (Wildman–Crippen MR) is 121 cm³/mol. The van der Waals surface area contributed by atoms with Crippen LogP contribution in [0.3, 0.4) is 0 Å². The quantitative estimate of drug-likeness (QED) is 0.306. The van der Waals surface area contributed by atoms with E-state index in [9.17, 15) is 18.0 Å². The predicted octanol–water partition coefficient (Wildman–Crippen LogP) is 3.21. The van der Waals surface area contributed by atoms with Crippen LogP contribution < -0.4 is 16.0 Å². The first kappa shape index (κ1) is 27.0. The summed E-state index contributed by atoms with van der Waals surface area (Å²) in [6.07, 6.45) is 6.46. The Morgan fingerprint density at radius 2 is 2.00 bits per heavy atom. The van der Waals surface area contributed by atoms with Gasteiger partial charge >= 0.3 is 6.18 Å². The number of terminal acetylenes is 1. The van der Waals surface area contributed by atoms with Crippen molar-refractivity contribution < 1.29 is 18.0 Å². The molecular formula is C23H32F3N5O. The second kappa shape index (κ2) is 13.4. The zero-order valence-corrected chi connectivity index (χ0v) is 18.5. The summed E-state index contributed by atoms with van der Waals surface area (Å²) in [5.74, 6) is 2.70. The maximum Gasteiger partial charge on any atom is 0.435 e. The van der Waals surface area contributed by atoms with Crippen LogP contribution in [0, 0.1) is 24.2 Å². The first-order valence-corrected chi connectivity index (χ1v) is 10.4. The van der Waals surface area contributed by atoms with Crippen LogP contribution >= 0.6 is 0 Å². The second-order valence-corrected chi connectivity index (χ2v) is 7.31. The number of hydrogen-bond acceptors (Lipinski definition) is 4. The maximum absolute atomic E-state index is 13.1. The highest BCUT2D eigenvalue weighted by atomic mass is 19.4. The van der Waals surface area contributed by atoms with Gasteiger partial charge in [-0.3, -0.25) is 9.48 Å². The molecule has 6 nitrogen and oxygen atoms in total. The third-order valence-corrected chi connectivity index (χ3v) is 4.76. The van der Waals surface area contributed by atoms with Crippen LogP contribution in [-0.4, -0.2) is 41.9 Å². The molecule has 1 aliphatic heterocycles. The molecule has 0 aliphatic carbocycles. The Bertz CT molecular complexity index is 817.